The number of nitrogens with zero attached hydrogens (tertiary/aromatic N) is 1. The third-order valence-corrected chi connectivity index (χ3v) is 5.56. The Bertz CT molecular complexity index is 997. The number of anilines is 1. The molecule has 0 bridgehead atoms. The second kappa shape index (κ2) is 6.41. The molecule has 3 N–H and O–H groups in total. The minimum Gasteiger partial charge on any atom is -0.508 e. The van der Waals surface area contributed by atoms with E-state index in [-0.39, 0.29) is 17.1 Å². The van der Waals surface area contributed by atoms with Gasteiger partial charge in [-0.2, -0.15) is 0 Å². The van der Waals surface area contributed by atoms with E-state index in [1.165, 1.54) is 5.56 Å². The second-order valence-electron chi connectivity index (χ2n) is 8.52. The molecule has 0 aliphatic heterocycles. The van der Waals surface area contributed by atoms with E-state index in [1.54, 1.807) is 30.3 Å². The van der Waals surface area contributed by atoms with Gasteiger partial charge in [0, 0.05) is 11.4 Å². The quantitative estimate of drug-likeness (QED) is 0.579. The number of aryl methyl sites for hydroxylation is 1. The van der Waals surface area contributed by atoms with Crippen LogP contribution in [0.15, 0.2) is 36.4 Å². The van der Waals surface area contributed by atoms with Crippen LogP contribution in [0.4, 0.5) is 5.69 Å². The lowest BCUT2D eigenvalue weighted by molar-refractivity contribution is 0.102. The van der Waals surface area contributed by atoms with Crippen LogP contribution in [-0.4, -0.2) is 21.0 Å². The number of H-pyrrole nitrogens is 1. The first-order chi connectivity index (χ1) is 12.8. The van der Waals surface area contributed by atoms with Gasteiger partial charge < -0.3 is 15.4 Å². The van der Waals surface area contributed by atoms with Gasteiger partial charge in [0.15, 0.2) is 0 Å². The molecule has 5 nitrogen and oxygen atoms in total. The molecule has 0 fully saturated rings. The number of nitrogens with one attached hydrogen (secondary N) is 2. The van der Waals surface area contributed by atoms with E-state index in [1.807, 2.05) is 0 Å². The second-order valence-corrected chi connectivity index (χ2v) is 8.52. The van der Waals surface area contributed by atoms with Crippen molar-refractivity contribution >= 4 is 22.6 Å². The SMILES string of the molecule is CC(C)(C)[C@@H]1CCc2nc3cc(C(=O)Nc4ccc(O)cc4)[nH]c3cc2C1. The molecule has 27 heavy (non-hydrogen) atoms. The van der Waals surface area contributed by atoms with Crippen LogP contribution in [0.1, 0.15) is 48.9 Å². The monoisotopic (exact) mass is 363 g/mol. The molecule has 2 aromatic heterocycles. The zero-order valence-electron chi connectivity index (χ0n) is 16.0. The number of aromatic nitrogens is 2. The Kier molecular flexibility index (Phi) is 4.17. The molecule has 140 valence electrons. The van der Waals surface area contributed by atoms with Gasteiger partial charge in [-0.15, -0.1) is 0 Å². The van der Waals surface area contributed by atoms with Gasteiger partial charge >= 0.3 is 0 Å². The van der Waals surface area contributed by atoms with E-state index < -0.39 is 0 Å². The number of carbonyl (C=O) groups excluding carboxylic acids is 1. The number of fused-ring (bicyclic) bond motifs is 2. The summed E-state index contributed by atoms with van der Waals surface area (Å²) in [5.41, 5.74) is 5.60. The van der Waals surface area contributed by atoms with E-state index >= 15 is 0 Å². The first-order valence-electron chi connectivity index (χ1n) is 9.41. The lowest BCUT2D eigenvalue weighted by atomic mass is 9.71. The van der Waals surface area contributed by atoms with Crippen molar-refractivity contribution in [3.05, 3.63) is 53.3 Å². The average molecular weight is 363 g/mol. The van der Waals surface area contributed by atoms with Crippen molar-refractivity contribution < 1.29 is 9.90 Å². The van der Waals surface area contributed by atoms with E-state index in [9.17, 15) is 9.90 Å². The summed E-state index contributed by atoms with van der Waals surface area (Å²) in [4.78, 5) is 20.6. The molecular formula is C22H25N3O2. The Labute approximate surface area is 158 Å². The van der Waals surface area contributed by atoms with Crippen LogP contribution >= 0.6 is 0 Å². The third kappa shape index (κ3) is 3.54. The minimum atomic E-state index is -0.218. The van der Waals surface area contributed by atoms with E-state index in [0.717, 1.165) is 36.0 Å². The fraction of sp³-hybridized carbons (Fsp3) is 0.364. The number of rotatable bonds is 2. The van der Waals surface area contributed by atoms with Crippen LogP contribution in [0.5, 0.6) is 5.75 Å². The highest BCUT2D eigenvalue weighted by Gasteiger charge is 2.29. The van der Waals surface area contributed by atoms with Gasteiger partial charge in [0.25, 0.3) is 5.91 Å². The predicted molar refractivity (Wildman–Crippen MR) is 107 cm³/mol. The molecule has 0 unspecified atom stereocenters. The molecule has 1 aromatic carbocycles. The van der Waals surface area contributed by atoms with Crippen molar-refractivity contribution in [3.63, 3.8) is 0 Å². The molecule has 1 aliphatic rings. The summed E-state index contributed by atoms with van der Waals surface area (Å²) >= 11 is 0. The van der Waals surface area contributed by atoms with Crippen LogP contribution in [0, 0.1) is 11.3 Å². The highest BCUT2D eigenvalue weighted by molar-refractivity contribution is 6.05. The molecule has 0 radical (unpaired) electrons. The lowest BCUT2D eigenvalue weighted by Crippen LogP contribution is -2.27. The molecule has 1 atom stereocenters. The molecular weight excluding hydrogens is 338 g/mol. The van der Waals surface area contributed by atoms with Crippen LogP contribution in [0.3, 0.4) is 0 Å². The number of benzene rings is 1. The Morgan fingerprint density at radius 1 is 1.22 bits per heavy atom. The van der Waals surface area contributed by atoms with Gasteiger partial charge in [-0.1, -0.05) is 20.8 Å². The largest absolute Gasteiger partial charge is 0.508 e. The fourth-order valence-corrected chi connectivity index (χ4v) is 3.81. The Morgan fingerprint density at radius 2 is 1.96 bits per heavy atom. The maximum absolute atomic E-state index is 12.5. The summed E-state index contributed by atoms with van der Waals surface area (Å²) in [5, 5.41) is 12.2. The number of hydrogen-bond acceptors (Lipinski definition) is 3. The summed E-state index contributed by atoms with van der Waals surface area (Å²) < 4.78 is 0. The van der Waals surface area contributed by atoms with Crippen molar-refractivity contribution in [1.82, 2.24) is 9.97 Å². The minimum absolute atomic E-state index is 0.168. The molecule has 1 aliphatic carbocycles. The zero-order valence-corrected chi connectivity index (χ0v) is 16.0. The average Bonchev–Trinajstić information content (AvgIpc) is 3.03. The van der Waals surface area contributed by atoms with Crippen molar-refractivity contribution in [3.8, 4) is 5.75 Å². The van der Waals surface area contributed by atoms with Crippen molar-refractivity contribution in [1.29, 1.82) is 0 Å². The summed E-state index contributed by atoms with van der Waals surface area (Å²) in [6.07, 6.45) is 3.19. The topological polar surface area (TPSA) is 78.0 Å². The van der Waals surface area contributed by atoms with Gasteiger partial charge in [0.1, 0.15) is 11.4 Å². The number of aromatic amines is 1. The number of pyridine rings is 1. The summed E-state index contributed by atoms with van der Waals surface area (Å²) in [6, 6.07) is 10.4. The molecule has 3 aromatic rings. The number of carbonyl (C=O) groups is 1. The molecule has 2 heterocycles. The smallest absolute Gasteiger partial charge is 0.272 e. The highest BCUT2D eigenvalue weighted by atomic mass is 16.3. The summed E-state index contributed by atoms with van der Waals surface area (Å²) in [7, 11) is 0. The molecule has 0 saturated carbocycles. The zero-order chi connectivity index (χ0) is 19.2. The van der Waals surface area contributed by atoms with Crippen LogP contribution in [0.2, 0.25) is 0 Å². The van der Waals surface area contributed by atoms with E-state index in [4.69, 9.17) is 4.98 Å². The van der Waals surface area contributed by atoms with Gasteiger partial charge in [0.05, 0.1) is 11.0 Å². The maximum atomic E-state index is 12.5. The highest BCUT2D eigenvalue weighted by Crippen LogP contribution is 2.37. The van der Waals surface area contributed by atoms with Gasteiger partial charge in [0.2, 0.25) is 0 Å². The van der Waals surface area contributed by atoms with Crippen molar-refractivity contribution in [2.24, 2.45) is 11.3 Å². The van der Waals surface area contributed by atoms with Crippen LogP contribution in [-0.2, 0) is 12.8 Å². The molecule has 0 spiro atoms. The lowest BCUT2D eigenvalue weighted by Gasteiger charge is -2.34. The molecule has 0 saturated heterocycles. The normalized spacial score (nSPS) is 16.9. The van der Waals surface area contributed by atoms with Crippen LogP contribution < -0.4 is 5.32 Å². The first kappa shape index (κ1) is 17.6. The third-order valence-electron chi connectivity index (χ3n) is 5.56. The number of hydrogen-bond donors (Lipinski definition) is 3. The van der Waals surface area contributed by atoms with Crippen LogP contribution in [0.25, 0.3) is 11.0 Å². The Balaban J connectivity index is 1.59. The first-order valence-corrected chi connectivity index (χ1v) is 9.41. The van der Waals surface area contributed by atoms with Crippen molar-refractivity contribution in [2.75, 3.05) is 5.32 Å². The number of phenolic OH excluding ortho intramolecular Hbond substituents is 1. The van der Waals surface area contributed by atoms with E-state index in [0.29, 0.717) is 17.3 Å². The fourth-order valence-electron chi connectivity index (χ4n) is 3.81. The van der Waals surface area contributed by atoms with Gasteiger partial charge in [-0.05, 0) is 72.6 Å². The standard InChI is InChI=1S/C22H25N3O2/c1-22(2,3)14-4-9-17-13(10-14)11-18-19(24-17)12-20(25-18)21(27)23-15-5-7-16(26)8-6-15/h5-8,11-12,14,25-26H,4,9-10H2,1-3H3,(H,23,27)/t14-/m1/s1. The number of amides is 1. The van der Waals surface area contributed by atoms with E-state index in [2.05, 4.69) is 37.1 Å². The predicted octanol–water partition coefficient (Wildman–Crippen LogP) is 4.67. The summed E-state index contributed by atoms with van der Waals surface area (Å²) in [5.74, 6) is 0.600. The van der Waals surface area contributed by atoms with Crippen molar-refractivity contribution in [2.45, 2.75) is 40.0 Å². The number of aromatic hydroxyl groups is 1. The van der Waals surface area contributed by atoms with Gasteiger partial charge in [-0.3, -0.25) is 9.78 Å². The maximum Gasteiger partial charge on any atom is 0.272 e. The molecule has 5 heteroatoms. The molecule has 4 rings (SSSR count). The molecule has 1 amide bonds. The Hall–Kier alpha value is -2.82. The van der Waals surface area contributed by atoms with Gasteiger partial charge in [-0.25, -0.2) is 0 Å². The summed E-state index contributed by atoms with van der Waals surface area (Å²) in [6.45, 7) is 6.90. The Morgan fingerprint density at radius 3 is 2.67 bits per heavy atom. The number of phenols is 1.